The van der Waals surface area contributed by atoms with E-state index < -0.39 is 5.67 Å². The van der Waals surface area contributed by atoms with Crippen LogP contribution in [0.3, 0.4) is 0 Å². The zero-order valence-electron chi connectivity index (χ0n) is 13.9. The first-order valence-corrected chi connectivity index (χ1v) is 10.7. The fraction of sp³-hybridized carbons (Fsp3) is 0.389. The van der Waals surface area contributed by atoms with Crippen LogP contribution in [0.1, 0.15) is 28.8 Å². The highest BCUT2D eigenvalue weighted by atomic mass is 79.9. The maximum absolute atomic E-state index is 15.0. The number of thiophene rings is 1. The monoisotopic (exact) mass is 478 g/mol. The summed E-state index contributed by atoms with van der Waals surface area (Å²) in [6.45, 7) is 2.13. The SMILES string of the molecule is O=C(NCC1(F)CCN(Cc2cscc2Br)CC1)c1cc(Cl)cc(Cl)c1. The molecule has 1 N–H and O–H groups in total. The van der Waals surface area contributed by atoms with Crippen molar-refractivity contribution in [2.75, 3.05) is 19.6 Å². The van der Waals surface area contributed by atoms with Gasteiger partial charge in [0.05, 0.1) is 6.54 Å². The van der Waals surface area contributed by atoms with Crippen molar-refractivity contribution in [3.8, 4) is 0 Å². The second-order valence-corrected chi connectivity index (χ2v) is 8.98. The highest BCUT2D eigenvalue weighted by Gasteiger charge is 2.35. The molecule has 1 fully saturated rings. The lowest BCUT2D eigenvalue weighted by molar-refractivity contribution is 0.0517. The molecule has 0 unspecified atom stereocenters. The number of nitrogens with zero attached hydrogens (tertiary/aromatic N) is 1. The average Bonchev–Trinajstić information content (AvgIpc) is 2.99. The van der Waals surface area contributed by atoms with Crippen molar-refractivity contribution >= 4 is 56.4 Å². The minimum absolute atomic E-state index is 0.00798. The number of hydrogen-bond donors (Lipinski definition) is 1. The standard InChI is InChI=1S/C18H18BrCl2FN2OS/c19-16-10-26-9-13(16)8-24-3-1-18(22,2-4-24)11-23-17(25)12-5-14(20)7-15(21)6-12/h5-7,9-10H,1-4,8,11H2,(H,23,25). The van der Waals surface area contributed by atoms with Gasteiger partial charge >= 0.3 is 0 Å². The molecule has 1 amide bonds. The summed E-state index contributed by atoms with van der Waals surface area (Å²) in [5.41, 5.74) is 0.179. The molecule has 26 heavy (non-hydrogen) atoms. The van der Waals surface area contributed by atoms with Crippen molar-refractivity contribution in [1.29, 1.82) is 0 Å². The Morgan fingerprint density at radius 2 is 1.88 bits per heavy atom. The summed E-state index contributed by atoms with van der Waals surface area (Å²) in [5, 5.41) is 7.60. The summed E-state index contributed by atoms with van der Waals surface area (Å²) in [6.07, 6.45) is 0.788. The van der Waals surface area contributed by atoms with Crippen LogP contribution in [0.25, 0.3) is 0 Å². The number of rotatable bonds is 5. The minimum Gasteiger partial charge on any atom is -0.349 e. The van der Waals surface area contributed by atoms with E-state index >= 15 is 4.39 Å². The van der Waals surface area contributed by atoms with Crippen LogP contribution in [0.5, 0.6) is 0 Å². The molecule has 1 aromatic heterocycles. The first kappa shape index (κ1) is 20.1. The zero-order chi connectivity index (χ0) is 18.7. The van der Waals surface area contributed by atoms with Crippen molar-refractivity contribution < 1.29 is 9.18 Å². The molecular formula is C18H18BrCl2FN2OS. The number of nitrogens with one attached hydrogen (secondary N) is 1. The second-order valence-electron chi connectivity index (χ2n) is 6.51. The molecule has 0 aliphatic carbocycles. The molecule has 0 spiro atoms. The van der Waals surface area contributed by atoms with E-state index in [9.17, 15) is 4.79 Å². The topological polar surface area (TPSA) is 32.3 Å². The number of carbonyl (C=O) groups excluding carboxylic acids is 1. The van der Waals surface area contributed by atoms with E-state index in [2.05, 4.69) is 36.9 Å². The van der Waals surface area contributed by atoms with Gasteiger partial charge in [-0.05, 0) is 57.9 Å². The maximum Gasteiger partial charge on any atom is 0.251 e. The predicted octanol–water partition coefficient (Wildman–Crippen LogP) is 5.55. The Balaban J connectivity index is 1.51. The molecule has 1 saturated heterocycles. The fourth-order valence-electron chi connectivity index (χ4n) is 2.98. The van der Waals surface area contributed by atoms with Gasteiger partial charge in [0.15, 0.2) is 0 Å². The Morgan fingerprint density at radius 1 is 1.23 bits per heavy atom. The number of amides is 1. The molecule has 0 atom stereocenters. The third-order valence-corrected chi connectivity index (χ3v) is 6.80. The van der Waals surface area contributed by atoms with E-state index in [4.69, 9.17) is 23.2 Å². The van der Waals surface area contributed by atoms with E-state index in [0.717, 1.165) is 11.0 Å². The molecule has 2 heterocycles. The van der Waals surface area contributed by atoms with Gasteiger partial charge in [-0.1, -0.05) is 23.2 Å². The Kier molecular flexibility index (Phi) is 6.62. The summed E-state index contributed by atoms with van der Waals surface area (Å²) < 4.78 is 16.1. The first-order valence-electron chi connectivity index (χ1n) is 8.21. The number of carbonyl (C=O) groups is 1. The van der Waals surface area contributed by atoms with Crippen molar-refractivity contribution in [3.05, 3.63) is 54.6 Å². The summed E-state index contributed by atoms with van der Waals surface area (Å²) >= 11 is 17.0. The van der Waals surface area contributed by atoms with Gasteiger partial charge < -0.3 is 5.32 Å². The van der Waals surface area contributed by atoms with Crippen LogP contribution >= 0.6 is 50.5 Å². The van der Waals surface area contributed by atoms with Crippen molar-refractivity contribution in [3.63, 3.8) is 0 Å². The predicted molar refractivity (Wildman–Crippen MR) is 109 cm³/mol. The lowest BCUT2D eigenvalue weighted by Crippen LogP contribution is -2.48. The molecular weight excluding hydrogens is 462 g/mol. The molecule has 0 radical (unpaired) electrons. The Hall–Kier alpha value is -0.660. The van der Waals surface area contributed by atoms with Crippen LogP contribution in [0.15, 0.2) is 33.4 Å². The van der Waals surface area contributed by atoms with E-state index in [-0.39, 0.29) is 12.5 Å². The van der Waals surface area contributed by atoms with Crippen LogP contribution in [0.2, 0.25) is 10.0 Å². The highest BCUT2D eigenvalue weighted by molar-refractivity contribution is 9.10. The molecule has 1 aliphatic heterocycles. The minimum atomic E-state index is -1.39. The first-order chi connectivity index (χ1) is 12.3. The molecule has 1 aliphatic rings. The lowest BCUT2D eigenvalue weighted by Gasteiger charge is -2.36. The van der Waals surface area contributed by atoms with Gasteiger partial charge in [0.25, 0.3) is 5.91 Å². The summed E-state index contributed by atoms with van der Waals surface area (Å²) in [6, 6.07) is 4.60. The molecule has 2 aromatic rings. The van der Waals surface area contributed by atoms with Crippen LogP contribution in [-0.4, -0.2) is 36.1 Å². The van der Waals surface area contributed by atoms with Crippen LogP contribution in [-0.2, 0) is 6.54 Å². The van der Waals surface area contributed by atoms with Crippen LogP contribution in [0, 0.1) is 0 Å². The third-order valence-electron chi connectivity index (χ3n) is 4.53. The third kappa shape index (κ3) is 5.20. The number of halogens is 4. The van der Waals surface area contributed by atoms with Gasteiger partial charge in [-0.25, -0.2) is 4.39 Å². The lowest BCUT2D eigenvalue weighted by atomic mass is 9.93. The maximum atomic E-state index is 15.0. The van der Waals surface area contributed by atoms with Gasteiger partial charge in [0.2, 0.25) is 0 Å². The summed E-state index contributed by atoms with van der Waals surface area (Å²) in [5.74, 6) is -0.365. The van der Waals surface area contributed by atoms with Crippen LogP contribution < -0.4 is 5.32 Å². The Morgan fingerprint density at radius 3 is 2.46 bits per heavy atom. The summed E-state index contributed by atoms with van der Waals surface area (Å²) in [4.78, 5) is 14.5. The van der Waals surface area contributed by atoms with Crippen molar-refractivity contribution in [1.82, 2.24) is 10.2 Å². The quantitative estimate of drug-likeness (QED) is 0.609. The van der Waals surface area contributed by atoms with Gasteiger partial charge in [-0.15, -0.1) is 0 Å². The highest BCUT2D eigenvalue weighted by Crippen LogP contribution is 2.29. The van der Waals surface area contributed by atoms with E-state index in [0.29, 0.717) is 41.5 Å². The number of piperidine rings is 1. The molecule has 1 aromatic carbocycles. The Bertz CT molecular complexity index is 773. The summed E-state index contributed by atoms with van der Waals surface area (Å²) in [7, 11) is 0. The molecule has 0 bridgehead atoms. The van der Waals surface area contributed by atoms with Gasteiger partial charge in [-0.2, -0.15) is 11.3 Å². The van der Waals surface area contributed by atoms with Crippen molar-refractivity contribution in [2.24, 2.45) is 0 Å². The van der Waals surface area contributed by atoms with E-state index in [1.807, 2.05) is 0 Å². The zero-order valence-corrected chi connectivity index (χ0v) is 17.8. The fourth-order valence-corrected chi connectivity index (χ4v) is 4.92. The number of likely N-dealkylation sites (tertiary alicyclic amines) is 1. The number of hydrogen-bond acceptors (Lipinski definition) is 3. The van der Waals surface area contributed by atoms with E-state index in [1.165, 1.54) is 17.7 Å². The van der Waals surface area contributed by atoms with Gasteiger partial charge in [0.1, 0.15) is 5.67 Å². The second kappa shape index (κ2) is 8.57. The van der Waals surface area contributed by atoms with Crippen LogP contribution in [0.4, 0.5) is 4.39 Å². The number of benzene rings is 1. The average molecular weight is 480 g/mol. The largest absolute Gasteiger partial charge is 0.349 e. The smallest absolute Gasteiger partial charge is 0.251 e. The Labute approximate surface area is 174 Å². The molecule has 0 saturated carbocycles. The van der Waals surface area contributed by atoms with Crippen molar-refractivity contribution in [2.45, 2.75) is 25.1 Å². The van der Waals surface area contributed by atoms with E-state index in [1.54, 1.807) is 17.4 Å². The van der Waals surface area contributed by atoms with Gasteiger partial charge in [0, 0.05) is 45.1 Å². The molecule has 140 valence electrons. The van der Waals surface area contributed by atoms with Gasteiger partial charge in [-0.3, -0.25) is 9.69 Å². The number of alkyl halides is 1. The molecule has 8 heteroatoms. The molecule has 3 nitrogen and oxygen atoms in total. The normalized spacial score (nSPS) is 17.2. The molecule has 3 rings (SSSR count).